The van der Waals surface area contributed by atoms with Crippen LogP contribution in [0.2, 0.25) is 0 Å². The lowest BCUT2D eigenvalue weighted by Crippen LogP contribution is -2.34. The number of rotatable bonds is 4. The summed E-state index contributed by atoms with van der Waals surface area (Å²) in [5, 5.41) is 8.82. The molecule has 1 aromatic rings. The van der Waals surface area contributed by atoms with Gasteiger partial charge >= 0.3 is 5.97 Å². The summed E-state index contributed by atoms with van der Waals surface area (Å²) < 4.78 is 0. The fourth-order valence-electron chi connectivity index (χ4n) is 2.45. The predicted molar refractivity (Wildman–Crippen MR) is 72.9 cm³/mol. The molecule has 1 aromatic heterocycles. The lowest BCUT2D eigenvalue weighted by atomic mass is 10.3. The SMILES string of the molecule is Cc1cccc(CN2CCCN(CC(=O)O)CC2)n1. The Morgan fingerprint density at radius 2 is 2.00 bits per heavy atom. The zero-order chi connectivity index (χ0) is 13.7. The topological polar surface area (TPSA) is 56.7 Å². The summed E-state index contributed by atoms with van der Waals surface area (Å²) in [7, 11) is 0. The van der Waals surface area contributed by atoms with E-state index in [4.69, 9.17) is 5.11 Å². The third-order valence-corrected chi connectivity index (χ3v) is 3.37. The number of carboxylic acid groups (broad SMARTS) is 1. The van der Waals surface area contributed by atoms with E-state index in [1.54, 1.807) is 0 Å². The van der Waals surface area contributed by atoms with E-state index < -0.39 is 5.97 Å². The third kappa shape index (κ3) is 4.61. The number of hydrogen-bond donors (Lipinski definition) is 1. The minimum absolute atomic E-state index is 0.149. The van der Waals surface area contributed by atoms with Crippen molar-refractivity contribution in [1.82, 2.24) is 14.8 Å². The Labute approximate surface area is 113 Å². The number of pyridine rings is 1. The molecule has 2 heterocycles. The van der Waals surface area contributed by atoms with Crippen LogP contribution < -0.4 is 0 Å². The molecule has 1 fully saturated rings. The van der Waals surface area contributed by atoms with Crippen LogP contribution in [0.25, 0.3) is 0 Å². The largest absolute Gasteiger partial charge is 0.480 e. The molecule has 104 valence electrons. The van der Waals surface area contributed by atoms with Gasteiger partial charge in [0, 0.05) is 31.9 Å². The molecule has 0 saturated carbocycles. The molecule has 5 nitrogen and oxygen atoms in total. The first-order chi connectivity index (χ1) is 9.13. The van der Waals surface area contributed by atoms with Crippen LogP contribution in [0.3, 0.4) is 0 Å². The fourth-order valence-corrected chi connectivity index (χ4v) is 2.45. The third-order valence-electron chi connectivity index (χ3n) is 3.37. The van der Waals surface area contributed by atoms with Crippen molar-refractivity contribution >= 4 is 5.97 Å². The highest BCUT2D eigenvalue weighted by atomic mass is 16.4. The molecule has 2 rings (SSSR count). The highest BCUT2D eigenvalue weighted by molar-refractivity contribution is 5.69. The second kappa shape index (κ2) is 6.63. The smallest absolute Gasteiger partial charge is 0.317 e. The van der Waals surface area contributed by atoms with Crippen molar-refractivity contribution < 1.29 is 9.90 Å². The van der Waals surface area contributed by atoms with Crippen molar-refractivity contribution in [3.05, 3.63) is 29.6 Å². The van der Waals surface area contributed by atoms with Crippen LogP contribution in [-0.4, -0.2) is 58.6 Å². The average molecular weight is 263 g/mol. The normalized spacial score (nSPS) is 18.2. The summed E-state index contributed by atoms with van der Waals surface area (Å²) in [5.41, 5.74) is 2.13. The van der Waals surface area contributed by atoms with E-state index in [0.717, 1.165) is 50.5 Å². The molecule has 0 bridgehead atoms. The zero-order valence-corrected chi connectivity index (χ0v) is 11.4. The van der Waals surface area contributed by atoms with Gasteiger partial charge in [-0.1, -0.05) is 6.07 Å². The van der Waals surface area contributed by atoms with Gasteiger partial charge in [0.2, 0.25) is 0 Å². The van der Waals surface area contributed by atoms with Gasteiger partial charge in [0.25, 0.3) is 0 Å². The maximum Gasteiger partial charge on any atom is 0.317 e. The van der Waals surface area contributed by atoms with Gasteiger partial charge in [0.1, 0.15) is 0 Å². The van der Waals surface area contributed by atoms with Crippen molar-refractivity contribution in [2.75, 3.05) is 32.7 Å². The van der Waals surface area contributed by atoms with Gasteiger partial charge < -0.3 is 5.11 Å². The number of aromatic nitrogens is 1. The van der Waals surface area contributed by atoms with Gasteiger partial charge in [0.15, 0.2) is 0 Å². The van der Waals surface area contributed by atoms with Gasteiger partial charge in [-0.25, -0.2) is 0 Å². The van der Waals surface area contributed by atoms with Crippen molar-refractivity contribution in [2.45, 2.75) is 19.9 Å². The molecule has 1 saturated heterocycles. The summed E-state index contributed by atoms with van der Waals surface area (Å²) in [4.78, 5) is 19.6. The van der Waals surface area contributed by atoms with E-state index >= 15 is 0 Å². The summed E-state index contributed by atoms with van der Waals surface area (Å²) in [6.07, 6.45) is 1.01. The van der Waals surface area contributed by atoms with E-state index in [1.165, 1.54) is 0 Å². The fraction of sp³-hybridized carbons (Fsp3) is 0.571. The second-order valence-electron chi connectivity index (χ2n) is 5.07. The van der Waals surface area contributed by atoms with Crippen LogP contribution in [0, 0.1) is 6.92 Å². The number of nitrogens with zero attached hydrogens (tertiary/aromatic N) is 3. The number of carboxylic acids is 1. The lowest BCUT2D eigenvalue weighted by molar-refractivity contribution is -0.138. The van der Waals surface area contributed by atoms with Crippen LogP contribution in [0.5, 0.6) is 0 Å². The standard InChI is InChI=1S/C14H21N3O2/c1-12-4-2-5-13(15-12)10-16-6-3-7-17(9-8-16)11-14(18)19/h2,4-5H,3,6-11H2,1H3,(H,18,19). The molecule has 0 radical (unpaired) electrons. The van der Waals surface area contributed by atoms with Gasteiger partial charge in [0.05, 0.1) is 12.2 Å². The molecule has 1 N–H and O–H groups in total. The van der Waals surface area contributed by atoms with Gasteiger partial charge in [-0.3, -0.25) is 19.6 Å². The molecular weight excluding hydrogens is 242 g/mol. The van der Waals surface area contributed by atoms with Crippen molar-refractivity contribution in [3.63, 3.8) is 0 Å². The van der Waals surface area contributed by atoms with E-state index in [9.17, 15) is 4.79 Å². The van der Waals surface area contributed by atoms with Crippen LogP contribution >= 0.6 is 0 Å². The van der Waals surface area contributed by atoms with E-state index in [2.05, 4.69) is 9.88 Å². The molecule has 0 atom stereocenters. The van der Waals surface area contributed by atoms with Crippen molar-refractivity contribution in [3.8, 4) is 0 Å². The lowest BCUT2D eigenvalue weighted by Gasteiger charge is -2.20. The Balaban J connectivity index is 1.87. The Hall–Kier alpha value is -1.46. The van der Waals surface area contributed by atoms with E-state index in [0.29, 0.717) is 0 Å². The molecule has 1 aliphatic rings. The molecule has 0 spiro atoms. The molecule has 5 heteroatoms. The first-order valence-corrected chi connectivity index (χ1v) is 6.72. The van der Waals surface area contributed by atoms with Crippen molar-refractivity contribution in [2.24, 2.45) is 0 Å². The minimum Gasteiger partial charge on any atom is -0.480 e. The number of aliphatic carboxylic acids is 1. The highest BCUT2D eigenvalue weighted by Gasteiger charge is 2.16. The minimum atomic E-state index is -0.742. The first kappa shape index (κ1) is 14.0. The summed E-state index contributed by atoms with van der Waals surface area (Å²) in [5.74, 6) is -0.742. The molecule has 1 aliphatic heterocycles. The van der Waals surface area contributed by atoms with Gasteiger partial charge in [-0.2, -0.15) is 0 Å². The Kier molecular flexibility index (Phi) is 4.87. The second-order valence-corrected chi connectivity index (χ2v) is 5.07. The molecule has 0 aromatic carbocycles. The van der Waals surface area contributed by atoms with Gasteiger partial charge in [-0.15, -0.1) is 0 Å². The molecule has 0 unspecified atom stereocenters. The highest BCUT2D eigenvalue weighted by Crippen LogP contribution is 2.08. The molecule has 0 aliphatic carbocycles. The van der Waals surface area contributed by atoms with E-state index in [-0.39, 0.29) is 6.54 Å². The molecule has 19 heavy (non-hydrogen) atoms. The Morgan fingerprint density at radius 1 is 1.26 bits per heavy atom. The van der Waals surface area contributed by atoms with Crippen LogP contribution in [-0.2, 0) is 11.3 Å². The number of carbonyl (C=O) groups is 1. The maximum absolute atomic E-state index is 10.7. The summed E-state index contributed by atoms with van der Waals surface area (Å²) >= 11 is 0. The molecular formula is C14H21N3O2. The summed E-state index contributed by atoms with van der Waals surface area (Å²) in [6.45, 7) is 6.59. The van der Waals surface area contributed by atoms with Gasteiger partial charge in [-0.05, 0) is 32.0 Å². The monoisotopic (exact) mass is 263 g/mol. The zero-order valence-electron chi connectivity index (χ0n) is 11.4. The number of hydrogen-bond acceptors (Lipinski definition) is 4. The quantitative estimate of drug-likeness (QED) is 0.877. The van der Waals surface area contributed by atoms with Crippen LogP contribution in [0.15, 0.2) is 18.2 Å². The Bertz CT molecular complexity index is 436. The van der Waals surface area contributed by atoms with E-state index in [1.807, 2.05) is 30.0 Å². The predicted octanol–water partition coefficient (Wildman–Crippen LogP) is 0.982. The first-order valence-electron chi connectivity index (χ1n) is 6.72. The maximum atomic E-state index is 10.7. The van der Waals surface area contributed by atoms with Crippen LogP contribution in [0.4, 0.5) is 0 Å². The Morgan fingerprint density at radius 3 is 2.74 bits per heavy atom. The number of aryl methyl sites for hydroxylation is 1. The summed E-state index contributed by atoms with van der Waals surface area (Å²) in [6, 6.07) is 6.08. The van der Waals surface area contributed by atoms with Crippen molar-refractivity contribution in [1.29, 1.82) is 0 Å². The molecule has 0 amide bonds. The average Bonchev–Trinajstić information content (AvgIpc) is 2.54. The van der Waals surface area contributed by atoms with Crippen LogP contribution in [0.1, 0.15) is 17.8 Å².